The molecule has 1 unspecified atom stereocenters. The molecule has 0 radical (unpaired) electrons. The maximum atomic E-state index is 12.7. The number of amides is 2. The first-order valence-electron chi connectivity index (χ1n) is 6.98. The summed E-state index contributed by atoms with van der Waals surface area (Å²) in [4.78, 5) is 28.8. The molecule has 1 heterocycles. The summed E-state index contributed by atoms with van der Waals surface area (Å²) in [5.74, 6) is -1.62. The number of carbonyl (C=O) groups excluding carboxylic acids is 2. The van der Waals surface area contributed by atoms with E-state index < -0.39 is 26.0 Å². The number of nitrogens with zero attached hydrogens (tertiary/aromatic N) is 4. The third-order valence-electron chi connectivity index (χ3n) is 2.64. The topological polar surface area (TPSA) is 118 Å². The van der Waals surface area contributed by atoms with Gasteiger partial charge in [-0.15, -0.1) is 10.2 Å². The highest BCUT2D eigenvalue weighted by Gasteiger charge is 2.58. The summed E-state index contributed by atoms with van der Waals surface area (Å²) in [6.45, 7) is 6.63. The van der Waals surface area contributed by atoms with Gasteiger partial charge >= 0.3 is 16.2 Å². The monoisotopic (exact) mass is 376 g/mol. The molecule has 0 saturated carbocycles. The van der Waals surface area contributed by atoms with Crippen LogP contribution in [-0.2, 0) is 19.4 Å². The normalized spacial score (nSPS) is 22.0. The second-order valence-corrected chi connectivity index (χ2v) is 9.09. The largest absolute Gasteiger partial charge is 0.458 e. The van der Waals surface area contributed by atoms with Crippen LogP contribution >= 0.6 is 11.8 Å². The SMILES string of the molecule is C=CCOC(=O)C1(S(=O)(=O)CC(C)C)N=NC(=NC(=O)N(C)C)S1. The van der Waals surface area contributed by atoms with E-state index in [4.69, 9.17) is 4.74 Å². The number of hydrogen-bond acceptors (Lipinski definition) is 7. The lowest BCUT2D eigenvalue weighted by Gasteiger charge is -2.22. The molecule has 134 valence electrons. The average molecular weight is 376 g/mol. The quantitative estimate of drug-likeness (QED) is 0.514. The summed E-state index contributed by atoms with van der Waals surface area (Å²) in [6.07, 6.45) is 1.31. The van der Waals surface area contributed by atoms with Gasteiger partial charge in [0.25, 0.3) is 0 Å². The van der Waals surface area contributed by atoms with Gasteiger partial charge in [-0.3, -0.25) is 0 Å². The van der Waals surface area contributed by atoms with Crippen molar-refractivity contribution < 1.29 is 22.7 Å². The lowest BCUT2D eigenvalue weighted by atomic mass is 10.3. The summed E-state index contributed by atoms with van der Waals surface area (Å²) < 4.78 is 28.0. The molecule has 0 N–H and O–H groups in total. The number of thioether (sulfide) groups is 1. The third-order valence-corrected chi connectivity index (χ3v) is 6.72. The smallest absolute Gasteiger partial charge is 0.363 e. The van der Waals surface area contributed by atoms with E-state index in [1.165, 1.54) is 25.1 Å². The lowest BCUT2D eigenvalue weighted by Crippen LogP contribution is -2.44. The fraction of sp³-hybridized carbons (Fsp3) is 0.615. The van der Waals surface area contributed by atoms with Crippen LogP contribution in [0.3, 0.4) is 0 Å². The highest BCUT2D eigenvalue weighted by Crippen LogP contribution is 2.42. The van der Waals surface area contributed by atoms with E-state index in [1.54, 1.807) is 13.8 Å². The van der Waals surface area contributed by atoms with Gasteiger partial charge in [0.1, 0.15) is 6.61 Å². The van der Waals surface area contributed by atoms with Crippen molar-refractivity contribution in [2.24, 2.45) is 21.1 Å². The number of hydrogen-bond donors (Lipinski definition) is 0. The molecule has 0 aliphatic carbocycles. The number of sulfone groups is 1. The molecule has 0 aromatic heterocycles. The highest BCUT2D eigenvalue weighted by molar-refractivity contribution is 8.25. The minimum atomic E-state index is -4.05. The van der Waals surface area contributed by atoms with Crippen LogP contribution in [0.4, 0.5) is 4.79 Å². The minimum absolute atomic E-state index is 0.170. The Morgan fingerprint density at radius 2 is 2.08 bits per heavy atom. The van der Waals surface area contributed by atoms with Crippen LogP contribution in [0.1, 0.15) is 13.8 Å². The van der Waals surface area contributed by atoms with Gasteiger partial charge in [-0.25, -0.2) is 18.0 Å². The van der Waals surface area contributed by atoms with E-state index in [0.29, 0.717) is 11.8 Å². The first-order chi connectivity index (χ1) is 11.1. The molecular formula is C13H20N4O5S2. The maximum absolute atomic E-state index is 12.7. The summed E-state index contributed by atoms with van der Waals surface area (Å²) in [6, 6.07) is -0.645. The Morgan fingerprint density at radius 3 is 2.58 bits per heavy atom. The minimum Gasteiger partial charge on any atom is -0.458 e. The number of amidine groups is 1. The molecule has 11 heteroatoms. The Labute approximate surface area is 145 Å². The first kappa shape index (κ1) is 20.3. The van der Waals surface area contributed by atoms with E-state index in [2.05, 4.69) is 21.8 Å². The van der Waals surface area contributed by atoms with Crippen LogP contribution in [-0.4, -0.2) is 61.1 Å². The molecule has 2 amide bonds. The molecule has 1 aliphatic rings. The molecule has 24 heavy (non-hydrogen) atoms. The second-order valence-electron chi connectivity index (χ2n) is 5.52. The Kier molecular flexibility index (Phi) is 6.67. The van der Waals surface area contributed by atoms with E-state index in [1.807, 2.05) is 0 Å². The Bertz CT molecular complexity index is 684. The number of ether oxygens (including phenoxy) is 1. The second kappa shape index (κ2) is 7.88. The van der Waals surface area contributed by atoms with Gasteiger partial charge in [-0.2, -0.15) is 4.99 Å². The van der Waals surface area contributed by atoms with Crippen LogP contribution < -0.4 is 0 Å². The molecule has 0 fully saturated rings. The predicted molar refractivity (Wildman–Crippen MR) is 91.5 cm³/mol. The van der Waals surface area contributed by atoms with Crippen molar-refractivity contribution in [1.29, 1.82) is 0 Å². The zero-order valence-corrected chi connectivity index (χ0v) is 15.6. The van der Waals surface area contributed by atoms with Gasteiger partial charge in [0.15, 0.2) is 9.84 Å². The van der Waals surface area contributed by atoms with Gasteiger partial charge in [-0.1, -0.05) is 26.5 Å². The number of esters is 1. The Hall–Kier alpha value is -1.75. The van der Waals surface area contributed by atoms with Crippen molar-refractivity contribution in [3.8, 4) is 0 Å². The highest BCUT2D eigenvalue weighted by atomic mass is 32.3. The molecule has 0 saturated heterocycles. The van der Waals surface area contributed by atoms with Crippen molar-refractivity contribution in [3.05, 3.63) is 12.7 Å². The molecular weight excluding hydrogens is 356 g/mol. The van der Waals surface area contributed by atoms with E-state index in [0.717, 1.165) is 0 Å². The number of aliphatic imine (C=N–C) groups is 1. The summed E-state index contributed by atoms with van der Waals surface area (Å²) in [5.41, 5.74) is 0. The summed E-state index contributed by atoms with van der Waals surface area (Å²) in [7, 11) is -1.10. The zero-order chi connectivity index (χ0) is 18.5. The van der Waals surface area contributed by atoms with Crippen molar-refractivity contribution in [3.63, 3.8) is 0 Å². The van der Waals surface area contributed by atoms with Crippen LogP contribution in [0.5, 0.6) is 0 Å². The number of azo groups is 1. The van der Waals surface area contributed by atoms with E-state index >= 15 is 0 Å². The molecule has 1 rings (SSSR count). The average Bonchev–Trinajstić information content (AvgIpc) is 2.89. The molecule has 1 atom stereocenters. The first-order valence-corrected chi connectivity index (χ1v) is 9.45. The number of rotatable bonds is 6. The molecule has 0 spiro atoms. The molecule has 0 bridgehead atoms. The van der Waals surface area contributed by atoms with Crippen LogP contribution in [0.25, 0.3) is 0 Å². The molecule has 0 aromatic carbocycles. The predicted octanol–water partition coefficient (Wildman–Crippen LogP) is 1.68. The summed E-state index contributed by atoms with van der Waals surface area (Å²) >= 11 is 0.484. The van der Waals surface area contributed by atoms with Crippen molar-refractivity contribution >= 4 is 38.8 Å². The fourth-order valence-electron chi connectivity index (χ4n) is 1.61. The van der Waals surface area contributed by atoms with Crippen LogP contribution in [0, 0.1) is 5.92 Å². The standard InChI is InChI=1S/C13H20N4O5S2/c1-6-7-22-10(18)13(24(20,21)8-9(2)3)16-15-11(23-13)14-12(19)17(4)5/h6,9H,1,7-8H2,2-5H3. The number of urea groups is 1. The van der Waals surface area contributed by atoms with E-state index in [-0.39, 0.29) is 23.4 Å². The summed E-state index contributed by atoms with van der Waals surface area (Å²) in [5, 5.41) is 7.02. The maximum Gasteiger partial charge on any atom is 0.363 e. The van der Waals surface area contributed by atoms with Gasteiger partial charge < -0.3 is 9.64 Å². The van der Waals surface area contributed by atoms with Crippen molar-refractivity contribution in [2.45, 2.75) is 18.1 Å². The lowest BCUT2D eigenvalue weighted by molar-refractivity contribution is -0.142. The van der Waals surface area contributed by atoms with Crippen molar-refractivity contribution in [2.75, 3.05) is 26.5 Å². The molecule has 9 nitrogen and oxygen atoms in total. The Morgan fingerprint density at radius 1 is 1.46 bits per heavy atom. The molecule has 1 aliphatic heterocycles. The zero-order valence-electron chi connectivity index (χ0n) is 13.9. The van der Waals surface area contributed by atoms with Gasteiger partial charge in [0, 0.05) is 14.1 Å². The van der Waals surface area contributed by atoms with Crippen LogP contribution in [0.2, 0.25) is 0 Å². The van der Waals surface area contributed by atoms with Gasteiger partial charge in [0.2, 0.25) is 5.17 Å². The molecule has 0 aromatic rings. The van der Waals surface area contributed by atoms with Gasteiger partial charge in [0.05, 0.1) is 5.75 Å². The van der Waals surface area contributed by atoms with Crippen molar-refractivity contribution in [1.82, 2.24) is 4.90 Å². The third kappa shape index (κ3) is 4.41. The Balaban J connectivity index is 3.25. The van der Waals surface area contributed by atoms with Crippen LogP contribution in [0.15, 0.2) is 27.9 Å². The van der Waals surface area contributed by atoms with E-state index in [9.17, 15) is 18.0 Å². The fourth-order valence-corrected chi connectivity index (χ4v) is 4.81. The number of carbonyl (C=O) groups is 2. The van der Waals surface area contributed by atoms with Gasteiger partial charge in [-0.05, 0) is 17.7 Å².